The zero-order valence-electron chi connectivity index (χ0n) is 14.5. The maximum Gasteiger partial charge on any atom is 0.153 e. The molecule has 0 spiro atoms. The Morgan fingerprint density at radius 2 is 2.16 bits per heavy atom. The quantitative estimate of drug-likeness (QED) is 0.730. The summed E-state index contributed by atoms with van der Waals surface area (Å²) in [4.78, 5) is 11.3. The summed E-state index contributed by atoms with van der Waals surface area (Å²) >= 11 is 0. The highest BCUT2D eigenvalue weighted by atomic mass is 16.5. The summed E-state index contributed by atoms with van der Waals surface area (Å²) < 4.78 is 7.67. The first kappa shape index (κ1) is 16.2. The predicted molar refractivity (Wildman–Crippen MR) is 95.3 cm³/mol. The van der Waals surface area contributed by atoms with E-state index in [-0.39, 0.29) is 0 Å². The molecule has 1 saturated heterocycles. The van der Waals surface area contributed by atoms with Gasteiger partial charge in [-0.1, -0.05) is 6.07 Å². The lowest BCUT2D eigenvalue weighted by Crippen LogP contribution is -2.31. The minimum absolute atomic E-state index is 0.431. The Bertz CT molecular complexity index is 846. The van der Waals surface area contributed by atoms with Gasteiger partial charge in [0.15, 0.2) is 5.65 Å². The lowest BCUT2D eigenvalue weighted by Gasteiger charge is -2.23. The highest BCUT2D eigenvalue weighted by molar-refractivity contribution is 5.36. The van der Waals surface area contributed by atoms with Crippen molar-refractivity contribution in [2.45, 2.75) is 19.9 Å². The number of hydrogen-bond donors (Lipinski definition) is 0. The molecular weight excluding hydrogens is 314 g/mol. The van der Waals surface area contributed by atoms with Crippen LogP contribution in [0.2, 0.25) is 0 Å². The number of aryl methyl sites for hydroxylation is 1. The van der Waals surface area contributed by atoms with Crippen LogP contribution in [0.3, 0.4) is 0 Å². The second-order valence-electron chi connectivity index (χ2n) is 6.71. The van der Waals surface area contributed by atoms with Gasteiger partial charge in [-0.05, 0) is 37.6 Å². The van der Waals surface area contributed by atoms with Gasteiger partial charge in [0.05, 0.1) is 24.6 Å². The van der Waals surface area contributed by atoms with Gasteiger partial charge >= 0.3 is 0 Å². The summed E-state index contributed by atoms with van der Waals surface area (Å²) in [5.41, 5.74) is 4.15. The van der Waals surface area contributed by atoms with Gasteiger partial charge in [-0.25, -0.2) is 9.50 Å². The first-order valence-corrected chi connectivity index (χ1v) is 8.78. The average Bonchev–Trinajstić information content (AvgIpc) is 2.95. The van der Waals surface area contributed by atoms with Crippen LogP contribution in [0.1, 0.15) is 17.1 Å². The van der Waals surface area contributed by atoms with Crippen LogP contribution in [0.25, 0.3) is 5.65 Å². The molecule has 4 heterocycles. The van der Waals surface area contributed by atoms with Crippen molar-refractivity contribution in [3.05, 3.63) is 59.8 Å². The fraction of sp³-hybridized carbons (Fsp3) is 0.421. The summed E-state index contributed by atoms with van der Waals surface area (Å²) in [6.45, 7) is 6.41. The van der Waals surface area contributed by atoms with E-state index in [2.05, 4.69) is 38.2 Å². The van der Waals surface area contributed by atoms with E-state index in [0.717, 1.165) is 62.0 Å². The van der Waals surface area contributed by atoms with E-state index in [1.54, 1.807) is 6.20 Å². The molecule has 0 aliphatic carbocycles. The highest BCUT2D eigenvalue weighted by Crippen LogP contribution is 2.15. The third-order valence-corrected chi connectivity index (χ3v) is 4.56. The van der Waals surface area contributed by atoms with Crippen molar-refractivity contribution in [3.8, 4) is 0 Å². The van der Waals surface area contributed by atoms with Gasteiger partial charge in [0.25, 0.3) is 0 Å². The molecule has 0 amide bonds. The molecule has 1 aliphatic rings. The fourth-order valence-electron chi connectivity index (χ4n) is 3.40. The van der Waals surface area contributed by atoms with Gasteiger partial charge in [0.1, 0.15) is 0 Å². The lowest BCUT2D eigenvalue weighted by molar-refractivity contribution is 0.121. The molecule has 0 saturated carbocycles. The minimum Gasteiger partial charge on any atom is -0.380 e. The van der Waals surface area contributed by atoms with E-state index < -0.39 is 0 Å². The van der Waals surface area contributed by atoms with Crippen molar-refractivity contribution in [2.24, 2.45) is 5.92 Å². The molecule has 25 heavy (non-hydrogen) atoms. The van der Waals surface area contributed by atoms with Gasteiger partial charge in [-0.2, -0.15) is 5.10 Å². The standard InChI is InChI=1S/C19H23N5O/c1-15-3-2-4-18(21-15)13-23-9-10-25-14-16(12-23)11-17-5-6-19-20-7-8-24(19)22-17/h2-8,16H,9-14H2,1H3/t16-/m1/s1. The van der Waals surface area contributed by atoms with Gasteiger partial charge in [-0.3, -0.25) is 9.88 Å². The molecule has 4 rings (SSSR count). The van der Waals surface area contributed by atoms with E-state index in [1.165, 1.54) is 0 Å². The van der Waals surface area contributed by atoms with Gasteiger partial charge < -0.3 is 4.74 Å². The molecule has 3 aromatic rings. The van der Waals surface area contributed by atoms with Crippen molar-refractivity contribution in [1.29, 1.82) is 0 Å². The largest absolute Gasteiger partial charge is 0.380 e. The maximum absolute atomic E-state index is 5.83. The summed E-state index contributed by atoms with van der Waals surface area (Å²) in [5.74, 6) is 0.431. The molecule has 6 heteroatoms. The van der Waals surface area contributed by atoms with Gasteiger partial charge in [0, 0.05) is 43.6 Å². The molecule has 1 atom stereocenters. The van der Waals surface area contributed by atoms with Crippen molar-refractivity contribution in [1.82, 2.24) is 24.5 Å². The Kier molecular flexibility index (Phi) is 4.72. The first-order chi connectivity index (χ1) is 12.3. The monoisotopic (exact) mass is 337 g/mol. The van der Waals surface area contributed by atoms with Crippen LogP contribution < -0.4 is 0 Å². The van der Waals surface area contributed by atoms with Gasteiger partial charge in [-0.15, -0.1) is 0 Å². The molecule has 0 radical (unpaired) electrons. The molecule has 6 nitrogen and oxygen atoms in total. The minimum atomic E-state index is 0.431. The van der Waals surface area contributed by atoms with Crippen molar-refractivity contribution in [2.75, 3.05) is 26.3 Å². The number of pyridine rings is 1. The molecular formula is C19H23N5O. The molecule has 0 N–H and O–H groups in total. The summed E-state index contributed by atoms with van der Waals surface area (Å²) in [6, 6.07) is 10.3. The van der Waals surface area contributed by atoms with E-state index in [1.807, 2.05) is 29.8 Å². The zero-order chi connectivity index (χ0) is 17.1. The average molecular weight is 337 g/mol. The summed E-state index contributed by atoms with van der Waals surface area (Å²) in [5, 5.41) is 4.65. The smallest absolute Gasteiger partial charge is 0.153 e. The summed E-state index contributed by atoms with van der Waals surface area (Å²) in [6.07, 6.45) is 4.57. The summed E-state index contributed by atoms with van der Waals surface area (Å²) in [7, 11) is 0. The maximum atomic E-state index is 5.83. The number of aromatic nitrogens is 4. The van der Waals surface area contributed by atoms with Crippen LogP contribution in [-0.2, 0) is 17.7 Å². The number of nitrogens with zero attached hydrogens (tertiary/aromatic N) is 5. The number of ether oxygens (including phenoxy) is 1. The SMILES string of the molecule is Cc1cccc(CN2CCOC[C@H](Cc3ccc4nccn4n3)C2)n1. The molecule has 0 unspecified atom stereocenters. The molecule has 0 aromatic carbocycles. The van der Waals surface area contributed by atoms with Crippen molar-refractivity contribution < 1.29 is 4.74 Å². The molecule has 0 bridgehead atoms. The number of hydrogen-bond acceptors (Lipinski definition) is 5. The van der Waals surface area contributed by atoms with Crippen LogP contribution in [0.5, 0.6) is 0 Å². The molecule has 1 aliphatic heterocycles. The zero-order valence-corrected chi connectivity index (χ0v) is 14.5. The number of imidazole rings is 1. The molecule has 1 fully saturated rings. The second-order valence-corrected chi connectivity index (χ2v) is 6.71. The van der Waals surface area contributed by atoms with E-state index in [0.29, 0.717) is 5.92 Å². The Morgan fingerprint density at radius 3 is 3.08 bits per heavy atom. The second kappa shape index (κ2) is 7.29. The lowest BCUT2D eigenvalue weighted by atomic mass is 10.0. The Labute approximate surface area is 147 Å². The van der Waals surface area contributed by atoms with Crippen LogP contribution in [0.15, 0.2) is 42.7 Å². The van der Waals surface area contributed by atoms with Crippen LogP contribution in [-0.4, -0.2) is 50.8 Å². The Hall–Kier alpha value is -2.31. The normalized spacial score (nSPS) is 19.2. The third kappa shape index (κ3) is 4.03. The van der Waals surface area contributed by atoms with E-state index in [9.17, 15) is 0 Å². The predicted octanol–water partition coefficient (Wildman–Crippen LogP) is 2.12. The Morgan fingerprint density at radius 1 is 1.20 bits per heavy atom. The number of rotatable bonds is 4. The third-order valence-electron chi connectivity index (χ3n) is 4.56. The molecule has 3 aromatic heterocycles. The first-order valence-electron chi connectivity index (χ1n) is 8.78. The van der Waals surface area contributed by atoms with Crippen molar-refractivity contribution >= 4 is 5.65 Å². The van der Waals surface area contributed by atoms with Crippen LogP contribution in [0.4, 0.5) is 0 Å². The van der Waals surface area contributed by atoms with Crippen LogP contribution in [0, 0.1) is 12.8 Å². The van der Waals surface area contributed by atoms with E-state index in [4.69, 9.17) is 4.74 Å². The topological polar surface area (TPSA) is 55.5 Å². The van der Waals surface area contributed by atoms with E-state index >= 15 is 0 Å². The highest BCUT2D eigenvalue weighted by Gasteiger charge is 2.20. The van der Waals surface area contributed by atoms with Gasteiger partial charge in [0.2, 0.25) is 0 Å². The fourth-order valence-corrected chi connectivity index (χ4v) is 3.40. The molecule has 130 valence electrons. The van der Waals surface area contributed by atoms with Crippen molar-refractivity contribution in [3.63, 3.8) is 0 Å². The number of fused-ring (bicyclic) bond motifs is 1. The Balaban J connectivity index is 1.44. The van der Waals surface area contributed by atoms with Crippen LogP contribution >= 0.6 is 0 Å².